The summed E-state index contributed by atoms with van der Waals surface area (Å²) in [5, 5.41) is 6.25. The number of carbonyl (C=O) groups is 2. The van der Waals surface area contributed by atoms with Crippen molar-refractivity contribution in [1.82, 2.24) is 10.2 Å². The number of nitrogens with zero attached hydrogens (tertiary/aromatic N) is 1. The van der Waals surface area contributed by atoms with Crippen LogP contribution < -0.4 is 5.32 Å². The fourth-order valence-electron chi connectivity index (χ4n) is 4.18. The molecule has 0 bridgehead atoms. The number of hydrogen-bond acceptors (Lipinski definition) is 2. The van der Waals surface area contributed by atoms with E-state index in [1.54, 1.807) is 23.1 Å². The molecule has 0 spiro atoms. The summed E-state index contributed by atoms with van der Waals surface area (Å²) in [6.45, 7) is 4.78. The Hall–Kier alpha value is -2.56. The van der Waals surface area contributed by atoms with Crippen LogP contribution in [0, 0.1) is 0 Å². The molecule has 1 N–H and O–H groups in total. The van der Waals surface area contributed by atoms with Crippen molar-refractivity contribution in [2.24, 2.45) is 0 Å². The normalized spacial score (nSPS) is 11.9. The maximum Gasteiger partial charge on any atom is 0.242 e. The Morgan fingerprint density at radius 1 is 0.941 bits per heavy atom. The molecule has 0 saturated carbocycles. The minimum Gasteiger partial charge on any atom is -0.354 e. The molecular formula is C28H32Cl2N2O2. The van der Waals surface area contributed by atoms with Crippen molar-refractivity contribution >= 4 is 45.8 Å². The second-order valence-corrected chi connectivity index (χ2v) is 9.24. The molecule has 0 saturated heterocycles. The third-order valence-electron chi connectivity index (χ3n) is 6.09. The van der Waals surface area contributed by atoms with Crippen LogP contribution >= 0.6 is 23.2 Å². The van der Waals surface area contributed by atoms with Crippen molar-refractivity contribution in [3.8, 4) is 0 Å². The van der Waals surface area contributed by atoms with Gasteiger partial charge in [0.25, 0.3) is 0 Å². The van der Waals surface area contributed by atoms with E-state index in [1.807, 2.05) is 25.1 Å². The molecule has 0 heterocycles. The van der Waals surface area contributed by atoms with Gasteiger partial charge in [0.1, 0.15) is 6.04 Å². The molecule has 6 heteroatoms. The van der Waals surface area contributed by atoms with Gasteiger partial charge in [-0.25, -0.2) is 0 Å². The molecule has 0 aromatic heterocycles. The van der Waals surface area contributed by atoms with Gasteiger partial charge in [-0.1, -0.05) is 92.0 Å². The fraction of sp³-hybridized carbons (Fsp3) is 0.357. The van der Waals surface area contributed by atoms with Gasteiger partial charge in [0, 0.05) is 35.1 Å². The number of fused-ring (bicyclic) bond motifs is 1. The summed E-state index contributed by atoms with van der Waals surface area (Å²) in [6, 6.07) is 19.0. The van der Waals surface area contributed by atoms with Gasteiger partial charge >= 0.3 is 0 Å². The molecule has 34 heavy (non-hydrogen) atoms. The lowest BCUT2D eigenvalue weighted by atomic mass is 10.00. The second-order valence-electron chi connectivity index (χ2n) is 8.43. The lowest BCUT2D eigenvalue weighted by Crippen LogP contribution is -2.49. The summed E-state index contributed by atoms with van der Waals surface area (Å²) in [4.78, 5) is 28.2. The minimum absolute atomic E-state index is 0.0959. The molecule has 1 unspecified atom stereocenters. The molecule has 4 nitrogen and oxygen atoms in total. The summed E-state index contributed by atoms with van der Waals surface area (Å²) in [5.74, 6) is -0.237. The number of benzene rings is 3. The van der Waals surface area contributed by atoms with Gasteiger partial charge in [-0.2, -0.15) is 0 Å². The first-order valence-electron chi connectivity index (χ1n) is 11.9. The highest BCUT2D eigenvalue weighted by atomic mass is 35.5. The summed E-state index contributed by atoms with van der Waals surface area (Å²) in [5.41, 5.74) is 1.77. The van der Waals surface area contributed by atoms with Crippen LogP contribution in [0.15, 0.2) is 60.7 Å². The number of halogens is 2. The van der Waals surface area contributed by atoms with Crippen LogP contribution in [0.2, 0.25) is 10.0 Å². The number of amides is 2. The van der Waals surface area contributed by atoms with Crippen LogP contribution in [-0.2, 0) is 22.6 Å². The maximum atomic E-state index is 13.6. The van der Waals surface area contributed by atoms with Crippen molar-refractivity contribution in [3.63, 3.8) is 0 Å². The number of carbonyl (C=O) groups excluding carboxylic acids is 2. The largest absolute Gasteiger partial charge is 0.354 e. The lowest BCUT2D eigenvalue weighted by molar-refractivity contribution is -0.141. The molecule has 3 rings (SSSR count). The van der Waals surface area contributed by atoms with Gasteiger partial charge in [0.2, 0.25) is 11.8 Å². The zero-order valence-corrected chi connectivity index (χ0v) is 21.3. The molecule has 3 aromatic rings. The van der Waals surface area contributed by atoms with Gasteiger partial charge in [-0.15, -0.1) is 0 Å². The van der Waals surface area contributed by atoms with Crippen molar-refractivity contribution in [2.75, 3.05) is 6.54 Å². The lowest BCUT2D eigenvalue weighted by Gasteiger charge is -2.31. The zero-order valence-electron chi connectivity index (χ0n) is 19.8. The monoisotopic (exact) mass is 498 g/mol. The predicted molar refractivity (Wildman–Crippen MR) is 141 cm³/mol. The highest BCUT2D eigenvalue weighted by molar-refractivity contribution is 6.36. The van der Waals surface area contributed by atoms with Crippen molar-refractivity contribution in [1.29, 1.82) is 0 Å². The van der Waals surface area contributed by atoms with Gasteiger partial charge in [0.05, 0.1) is 0 Å². The topological polar surface area (TPSA) is 49.4 Å². The quantitative estimate of drug-likeness (QED) is 0.295. The molecule has 1 atom stereocenters. The van der Waals surface area contributed by atoms with Crippen LogP contribution in [-0.4, -0.2) is 29.3 Å². The summed E-state index contributed by atoms with van der Waals surface area (Å²) in [7, 11) is 0. The highest BCUT2D eigenvalue weighted by Gasteiger charge is 2.29. The van der Waals surface area contributed by atoms with E-state index in [4.69, 9.17) is 23.2 Å². The van der Waals surface area contributed by atoms with Crippen LogP contribution in [0.3, 0.4) is 0 Å². The van der Waals surface area contributed by atoms with Gasteiger partial charge in [0.15, 0.2) is 0 Å². The van der Waals surface area contributed by atoms with E-state index in [0.29, 0.717) is 35.0 Å². The summed E-state index contributed by atoms with van der Waals surface area (Å²) in [6.07, 6.45) is 3.25. The SMILES string of the molecule is CCCCNC(=O)C(CC)N(Cc1c(Cl)cccc1Cl)C(=O)CCc1cccc2ccccc12. The smallest absolute Gasteiger partial charge is 0.242 e. The van der Waals surface area contributed by atoms with Gasteiger partial charge < -0.3 is 10.2 Å². The van der Waals surface area contributed by atoms with Crippen LogP contribution in [0.5, 0.6) is 0 Å². The summed E-state index contributed by atoms with van der Waals surface area (Å²) >= 11 is 12.8. The third kappa shape index (κ3) is 6.52. The van der Waals surface area contributed by atoms with Crippen LogP contribution in [0.1, 0.15) is 50.7 Å². The van der Waals surface area contributed by atoms with E-state index in [0.717, 1.165) is 29.2 Å². The number of hydrogen-bond donors (Lipinski definition) is 1. The van der Waals surface area contributed by atoms with Crippen molar-refractivity contribution in [2.45, 2.75) is 58.5 Å². The van der Waals surface area contributed by atoms with E-state index in [9.17, 15) is 9.59 Å². The Balaban J connectivity index is 1.85. The van der Waals surface area contributed by atoms with E-state index >= 15 is 0 Å². The molecule has 0 aliphatic heterocycles. The average molecular weight is 499 g/mol. The van der Waals surface area contributed by atoms with Gasteiger partial charge in [-0.3, -0.25) is 9.59 Å². The molecule has 3 aromatic carbocycles. The van der Waals surface area contributed by atoms with Crippen LogP contribution in [0.4, 0.5) is 0 Å². The van der Waals surface area contributed by atoms with Crippen molar-refractivity contribution < 1.29 is 9.59 Å². The van der Waals surface area contributed by atoms with Crippen molar-refractivity contribution in [3.05, 3.63) is 81.8 Å². The molecule has 0 radical (unpaired) electrons. The Bertz CT molecular complexity index is 1110. The first-order valence-corrected chi connectivity index (χ1v) is 12.7. The Morgan fingerprint density at radius 2 is 1.62 bits per heavy atom. The molecular weight excluding hydrogens is 467 g/mol. The average Bonchev–Trinajstić information content (AvgIpc) is 2.84. The first kappa shape index (κ1) is 26.1. The Kier molecular flexibility index (Phi) is 9.79. The van der Waals surface area contributed by atoms with E-state index < -0.39 is 6.04 Å². The van der Waals surface area contributed by atoms with E-state index in [-0.39, 0.29) is 24.8 Å². The molecule has 0 aliphatic rings. The number of unbranched alkanes of at least 4 members (excludes halogenated alkanes) is 1. The highest BCUT2D eigenvalue weighted by Crippen LogP contribution is 2.28. The number of rotatable bonds is 11. The molecule has 2 amide bonds. The van der Waals surface area contributed by atoms with E-state index in [2.05, 4.69) is 36.5 Å². The van der Waals surface area contributed by atoms with Crippen LogP contribution in [0.25, 0.3) is 10.8 Å². The molecule has 0 aliphatic carbocycles. The fourth-order valence-corrected chi connectivity index (χ4v) is 4.69. The zero-order chi connectivity index (χ0) is 24.5. The Labute approximate surface area is 212 Å². The number of aryl methyl sites for hydroxylation is 1. The maximum absolute atomic E-state index is 13.6. The standard InChI is InChI=1S/C28H32Cl2N2O2/c1-3-5-18-31-28(34)26(4-2)32(19-23-24(29)14-9-15-25(23)30)27(33)17-16-21-12-8-11-20-10-6-7-13-22(20)21/h6-15,26H,3-5,16-19H2,1-2H3,(H,31,34). The predicted octanol–water partition coefficient (Wildman–Crippen LogP) is 6.80. The molecule has 180 valence electrons. The first-order chi connectivity index (χ1) is 16.5. The molecule has 0 fully saturated rings. The number of nitrogens with one attached hydrogen (secondary N) is 1. The second kappa shape index (κ2) is 12.8. The summed E-state index contributed by atoms with van der Waals surface area (Å²) < 4.78 is 0. The third-order valence-corrected chi connectivity index (χ3v) is 6.80. The Morgan fingerprint density at radius 3 is 2.32 bits per heavy atom. The minimum atomic E-state index is -0.593. The van der Waals surface area contributed by atoms with Gasteiger partial charge in [-0.05, 0) is 47.7 Å². The van der Waals surface area contributed by atoms with E-state index in [1.165, 1.54) is 0 Å².